The molecule has 12 nitrogen and oxygen atoms in total. The van der Waals surface area contributed by atoms with E-state index in [9.17, 15) is 19.8 Å². The number of carbonyl (C=O) groups excluding carboxylic acids is 2. The van der Waals surface area contributed by atoms with Gasteiger partial charge in [-0.05, 0) is 61.7 Å². The predicted molar refractivity (Wildman–Crippen MR) is 177 cm³/mol. The fraction of sp³-hybridized carbons (Fsp3) is 0.600. The number of carbonyl (C=O) groups is 2. The van der Waals surface area contributed by atoms with Gasteiger partial charge in [0.2, 0.25) is 5.91 Å². The van der Waals surface area contributed by atoms with Crippen LogP contribution in [0.25, 0.3) is 0 Å². The van der Waals surface area contributed by atoms with Gasteiger partial charge < -0.3 is 38.8 Å². The number of nitrogens with zero attached hydrogens (tertiary/aromatic N) is 3. The highest BCUT2D eigenvalue weighted by atomic mass is 16.5. The molecule has 47 heavy (non-hydrogen) atoms. The molecule has 0 aromatic heterocycles. The van der Waals surface area contributed by atoms with Crippen LogP contribution in [0.5, 0.6) is 23.0 Å². The number of phenols is 2. The number of hydrogen-bond donors (Lipinski definition) is 2. The minimum absolute atomic E-state index is 0.0253. The topological polar surface area (TPSA) is 130 Å². The molecule has 4 rings (SSSR count). The van der Waals surface area contributed by atoms with Crippen molar-refractivity contribution in [3.05, 3.63) is 46.5 Å². The van der Waals surface area contributed by atoms with Crippen LogP contribution >= 0.6 is 0 Å². The zero-order valence-corrected chi connectivity index (χ0v) is 28.3. The highest BCUT2D eigenvalue weighted by Gasteiger charge is 2.28. The molecule has 2 heterocycles. The Kier molecular flexibility index (Phi) is 14.1. The van der Waals surface area contributed by atoms with Gasteiger partial charge in [0.15, 0.2) is 17.3 Å². The minimum Gasteiger partial charge on any atom is -0.508 e. The van der Waals surface area contributed by atoms with E-state index in [4.69, 9.17) is 23.7 Å². The molecule has 0 bridgehead atoms. The van der Waals surface area contributed by atoms with Gasteiger partial charge in [-0.15, -0.1) is 0 Å². The highest BCUT2D eigenvalue weighted by Crippen LogP contribution is 2.37. The zero-order chi connectivity index (χ0) is 33.8. The first kappa shape index (κ1) is 36.4. The fourth-order valence-corrected chi connectivity index (χ4v) is 6.43. The molecule has 2 aliphatic heterocycles. The molecular weight excluding hydrogens is 606 g/mol. The number of ether oxygens (including phenoxy) is 5. The fourth-order valence-electron chi connectivity index (χ4n) is 6.43. The van der Waals surface area contributed by atoms with Crippen LogP contribution in [-0.4, -0.2) is 143 Å². The van der Waals surface area contributed by atoms with E-state index in [1.807, 2.05) is 6.92 Å². The molecule has 260 valence electrons. The summed E-state index contributed by atoms with van der Waals surface area (Å²) in [6.07, 6.45) is 2.43. The second kappa shape index (κ2) is 18.2. The quantitative estimate of drug-likeness (QED) is 0.244. The second-order valence-electron chi connectivity index (χ2n) is 11.9. The van der Waals surface area contributed by atoms with E-state index < -0.39 is 11.5 Å². The summed E-state index contributed by atoms with van der Waals surface area (Å²) < 4.78 is 27.5. The van der Waals surface area contributed by atoms with Crippen LogP contribution in [0.2, 0.25) is 0 Å². The van der Waals surface area contributed by atoms with E-state index in [2.05, 4.69) is 9.80 Å². The molecule has 1 amide bonds. The lowest BCUT2D eigenvalue weighted by atomic mass is 9.89. The number of morpholine rings is 1. The standard InChI is InChI=1S/C35H51N3O9/c1-5-27-28(23-33(41)38(13-17-43-2)14-18-44-3)34(30(40)24-29(27)39)35(42)25-6-7-31(32(22-25)45-4)47-21-12-36-10-8-26(9-11-36)37-15-19-46-20-16-37/h6-7,22,24,26,39-40H,5,8-21,23H2,1-4H3. The Balaban J connectivity index is 1.46. The van der Waals surface area contributed by atoms with Crippen LogP contribution in [0.15, 0.2) is 24.3 Å². The van der Waals surface area contributed by atoms with E-state index in [1.165, 1.54) is 7.11 Å². The van der Waals surface area contributed by atoms with Crippen LogP contribution in [-0.2, 0) is 31.8 Å². The van der Waals surface area contributed by atoms with Crippen LogP contribution in [0, 0.1) is 0 Å². The maximum atomic E-state index is 14.0. The molecule has 0 saturated carbocycles. The maximum absolute atomic E-state index is 14.0. The second-order valence-corrected chi connectivity index (χ2v) is 11.9. The molecule has 12 heteroatoms. The van der Waals surface area contributed by atoms with Crippen molar-refractivity contribution in [1.29, 1.82) is 0 Å². The molecule has 2 fully saturated rings. The van der Waals surface area contributed by atoms with Crippen molar-refractivity contribution in [3.63, 3.8) is 0 Å². The third-order valence-corrected chi connectivity index (χ3v) is 9.11. The summed E-state index contributed by atoms with van der Waals surface area (Å²) in [6.45, 7) is 10.1. The van der Waals surface area contributed by atoms with Gasteiger partial charge in [-0.3, -0.25) is 19.4 Å². The smallest absolute Gasteiger partial charge is 0.227 e. The van der Waals surface area contributed by atoms with Gasteiger partial charge in [0.25, 0.3) is 0 Å². The first-order valence-corrected chi connectivity index (χ1v) is 16.5. The molecule has 2 aliphatic rings. The number of aromatic hydroxyl groups is 2. The number of likely N-dealkylation sites (tertiary alicyclic amines) is 1. The van der Waals surface area contributed by atoms with Crippen molar-refractivity contribution in [2.75, 3.05) is 100 Å². The minimum atomic E-state index is -0.492. The number of benzene rings is 2. The number of amides is 1. The van der Waals surface area contributed by atoms with E-state index in [1.54, 1.807) is 37.3 Å². The van der Waals surface area contributed by atoms with Crippen LogP contribution < -0.4 is 9.47 Å². The van der Waals surface area contributed by atoms with Gasteiger partial charge in [0.1, 0.15) is 18.1 Å². The Labute approximate surface area is 278 Å². The summed E-state index contributed by atoms with van der Waals surface area (Å²) in [5.74, 6) is -0.439. The van der Waals surface area contributed by atoms with Gasteiger partial charge in [-0.1, -0.05) is 6.92 Å². The lowest BCUT2D eigenvalue weighted by Gasteiger charge is -2.40. The number of rotatable bonds is 17. The summed E-state index contributed by atoms with van der Waals surface area (Å²) in [7, 11) is 4.62. The van der Waals surface area contributed by atoms with Gasteiger partial charge in [-0.25, -0.2) is 0 Å². The Morgan fingerprint density at radius 1 is 0.894 bits per heavy atom. The summed E-state index contributed by atoms with van der Waals surface area (Å²) in [5.41, 5.74) is 0.949. The van der Waals surface area contributed by atoms with Gasteiger partial charge in [-0.2, -0.15) is 0 Å². The van der Waals surface area contributed by atoms with Gasteiger partial charge in [0, 0.05) is 64.6 Å². The number of piperidine rings is 1. The number of methoxy groups -OCH3 is 3. The average molecular weight is 658 g/mol. The van der Waals surface area contributed by atoms with Crippen LogP contribution in [0.3, 0.4) is 0 Å². The molecule has 2 saturated heterocycles. The van der Waals surface area contributed by atoms with E-state index >= 15 is 0 Å². The maximum Gasteiger partial charge on any atom is 0.227 e. The lowest BCUT2D eigenvalue weighted by molar-refractivity contribution is -0.131. The zero-order valence-electron chi connectivity index (χ0n) is 28.3. The van der Waals surface area contributed by atoms with Crippen LogP contribution in [0.4, 0.5) is 0 Å². The van der Waals surface area contributed by atoms with E-state index in [0.29, 0.717) is 62.4 Å². The van der Waals surface area contributed by atoms with Crippen molar-refractivity contribution in [3.8, 4) is 23.0 Å². The van der Waals surface area contributed by atoms with Crippen molar-refractivity contribution < 1.29 is 43.5 Å². The van der Waals surface area contributed by atoms with Crippen molar-refractivity contribution in [2.45, 2.75) is 38.6 Å². The Hall–Kier alpha value is -3.42. The van der Waals surface area contributed by atoms with E-state index in [0.717, 1.165) is 64.8 Å². The van der Waals surface area contributed by atoms with Crippen molar-refractivity contribution in [2.24, 2.45) is 0 Å². The Morgan fingerprint density at radius 2 is 1.57 bits per heavy atom. The first-order valence-electron chi connectivity index (χ1n) is 16.5. The van der Waals surface area contributed by atoms with Crippen LogP contribution in [0.1, 0.15) is 46.8 Å². The van der Waals surface area contributed by atoms with Crippen molar-refractivity contribution in [1.82, 2.24) is 14.7 Å². The Morgan fingerprint density at radius 3 is 2.19 bits per heavy atom. The number of hydrogen-bond acceptors (Lipinski definition) is 11. The largest absolute Gasteiger partial charge is 0.508 e. The molecule has 2 aromatic rings. The molecule has 0 spiro atoms. The van der Waals surface area contributed by atoms with Gasteiger partial charge in [0.05, 0.1) is 45.5 Å². The molecular formula is C35H51N3O9. The summed E-state index contributed by atoms with van der Waals surface area (Å²) >= 11 is 0. The SMILES string of the molecule is CCc1c(O)cc(O)c(C(=O)c2ccc(OCCN3CCC(N4CCOCC4)CC3)c(OC)c2)c1CC(=O)N(CCOC)CCOC. The summed E-state index contributed by atoms with van der Waals surface area (Å²) in [5, 5.41) is 21.6. The normalized spacial score (nSPS) is 16.3. The van der Waals surface area contributed by atoms with Crippen molar-refractivity contribution >= 4 is 11.7 Å². The molecule has 0 radical (unpaired) electrons. The molecule has 2 N–H and O–H groups in total. The predicted octanol–water partition coefficient (Wildman–Crippen LogP) is 2.74. The lowest BCUT2D eigenvalue weighted by Crippen LogP contribution is -2.49. The highest BCUT2D eigenvalue weighted by molar-refractivity contribution is 6.12. The monoisotopic (exact) mass is 657 g/mol. The third kappa shape index (κ3) is 9.57. The molecule has 0 unspecified atom stereocenters. The average Bonchev–Trinajstić information content (AvgIpc) is 3.09. The molecule has 2 aromatic carbocycles. The Bertz CT molecular complexity index is 1320. The third-order valence-electron chi connectivity index (χ3n) is 9.11. The number of phenolic OH excluding ortho intramolecular Hbond substituents is 2. The summed E-state index contributed by atoms with van der Waals surface area (Å²) in [4.78, 5) is 34.0. The number of ketones is 1. The van der Waals surface area contributed by atoms with E-state index in [-0.39, 0.29) is 34.8 Å². The summed E-state index contributed by atoms with van der Waals surface area (Å²) in [6, 6.07) is 6.68. The molecule has 0 atom stereocenters. The van der Waals surface area contributed by atoms with Gasteiger partial charge >= 0.3 is 0 Å². The first-order chi connectivity index (χ1) is 22.8. The molecule has 0 aliphatic carbocycles.